The van der Waals surface area contributed by atoms with Gasteiger partial charge < -0.3 is 9.88 Å². The summed E-state index contributed by atoms with van der Waals surface area (Å²) in [6, 6.07) is 12.3. The van der Waals surface area contributed by atoms with Gasteiger partial charge in [-0.15, -0.1) is 9.24 Å². The normalized spacial score (nSPS) is 9.61. The third kappa shape index (κ3) is 4.34. The zero-order chi connectivity index (χ0) is 16.8. The van der Waals surface area contributed by atoms with E-state index in [1.165, 1.54) is 5.69 Å². The van der Waals surface area contributed by atoms with Gasteiger partial charge in [0, 0.05) is 36.9 Å². The summed E-state index contributed by atoms with van der Waals surface area (Å²) >= 11 is 0. The van der Waals surface area contributed by atoms with Crippen molar-refractivity contribution in [3.05, 3.63) is 53.9 Å². The van der Waals surface area contributed by atoms with Crippen LogP contribution in [-0.4, -0.2) is 24.1 Å². The molecule has 118 valence electrons. The maximum absolute atomic E-state index is 4.34. The highest BCUT2D eigenvalue weighted by Crippen LogP contribution is 2.13. The highest BCUT2D eigenvalue weighted by Gasteiger charge is 1.99. The summed E-state index contributed by atoms with van der Waals surface area (Å²) in [6.45, 7) is 4.00. The Morgan fingerprint density at radius 3 is 2.39 bits per heavy atom. The Hall–Kier alpha value is -2.30. The van der Waals surface area contributed by atoms with E-state index >= 15 is 0 Å². The molecule has 0 aliphatic rings. The van der Waals surface area contributed by atoms with Crippen LogP contribution in [-0.2, 0) is 0 Å². The predicted octanol–water partition coefficient (Wildman–Crippen LogP) is 3.56. The van der Waals surface area contributed by atoms with E-state index in [9.17, 15) is 0 Å². The molecule has 1 aromatic carbocycles. The minimum absolute atomic E-state index is 0.869. The van der Waals surface area contributed by atoms with Gasteiger partial charge in [0.15, 0.2) is 0 Å². The molecular weight excluding hydrogens is 301 g/mol. The van der Waals surface area contributed by atoms with E-state index in [0.29, 0.717) is 0 Å². The standard InChI is InChI=1S/C17H16N3P.C2H6/c1-20(2)15-7-4-12(5-8-15)3-6-14-9-13-10-16(21)11-18-17(13)19-14;1-2/h4-5,7-11H,21H2,1-2H3,(H,18,19);1-2H3. The van der Waals surface area contributed by atoms with Gasteiger partial charge in [0.25, 0.3) is 0 Å². The molecule has 2 heterocycles. The van der Waals surface area contributed by atoms with Crippen molar-refractivity contribution in [3.8, 4) is 11.8 Å². The summed E-state index contributed by atoms with van der Waals surface area (Å²) in [5.74, 6) is 6.32. The Balaban J connectivity index is 0.000000924. The van der Waals surface area contributed by atoms with Crippen LogP contribution >= 0.6 is 9.24 Å². The van der Waals surface area contributed by atoms with Crippen LogP contribution in [0.1, 0.15) is 25.1 Å². The number of fused-ring (bicyclic) bond motifs is 1. The number of nitrogens with one attached hydrogen (secondary N) is 1. The molecule has 3 nitrogen and oxygen atoms in total. The summed E-state index contributed by atoms with van der Waals surface area (Å²) in [6.07, 6.45) is 1.82. The van der Waals surface area contributed by atoms with Crippen molar-refractivity contribution in [3.63, 3.8) is 0 Å². The van der Waals surface area contributed by atoms with Crippen molar-refractivity contribution in [1.82, 2.24) is 9.97 Å². The average molecular weight is 323 g/mol. The number of anilines is 1. The van der Waals surface area contributed by atoms with Crippen molar-refractivity contribution >= 4 is 31.3 Å². The second-order valence-corrected chi connectivity index (χ2v) is 5.75. The summed E-state index contributed by atoms with van der Waals surface area (Å²) in [7, 11) is 6.70. The quantitative estimate of drug-likeness (QED) is 0.548. The molecule has 0 aliphatic heterocycles. The number of pyridine rings is 1. The maximum atomic E-state index is 4.34. The van der Waals surface area contributed by atoms with E-state index in [0.717, 1.165) is 27.6 Å². The first-order valence-electron chi connectivity index (χ1n) is 7.65. The highest BCUT2D eigenvalue weighted by atomic mass is 31.0. The molecule has 1 unspecified atom stereocenters. The molecule has 3 aromatic rings. The number of rotatable bonds is 1. The summed E-state index contributed by atoms with van der Waals surface area (Å²) in [5.41, 5.74) is 3.92. The zero-order valence-electron chi connectivity index (χ0n) is 14.0. The van der Waals surface area contributed by atoms with Crippen LogP contribution < -0.4 is 10.2 Å². The number of H-pyrrole nitrogens is 1. The molecule has 0 spiro atoms. The molecule has 0 radical (unpaired) electrons. The molecule has 0 saturated heterocycles. The summed E-state index contributed by atoms with van der Waals surface area (Å²) in [4.78, 5) is 9.63. The zero-order valence-corrected chi connectivity index (χ0v) is 15.2. The lowest BCUT2D eigenvalue weighted by atomic mass is 10.2. The number of aromatic nitrogens is 2. The van der Waals surface area contributed by atoms with Gasteiger partial charge in [-0.1, -0.05) is 19.8 Å². The van der Waals surface area contributed by atoms with Crippen LogP contribution in [0.2, 0.25) is 0 Å². The number of hydrogen-bond donors (Lipinski definition) is 1. The second kappa shape index (κ2) is 7.81. The van der Waals surface area contributed by atoms with Gasteiger partial charge in [-0.05, 0) is 47.6 Å². The number of benzene rings is 1. The number of hydrogen-bond acceptors (Lipinski definition) is 2. The van der Waals surface area contributed by atoms with Crippen molar-refractivity contribution < 1.29 is 0 Å². The summed E-state index contributed by atoms with van der Waals surface area (Å²) < 4.78 is 0. The molecule has 2 aromatic heterocycles. The fourth-order valence-corrected chi connectivity index (χ4v) is 2.34. The second-order valence-electron chi connectivity index (χ2n) is 5.08. The van der Waals surface area contributed by atoms with Gasteiger partial charge in [-0.2, -0.15) is 0 Å². The van der Waals surface area contributed by atoms with Crippen LogP contribution in [0.15, 0.2) is 42.6 Å². The Morgan fingerprint density at radius 2 is 1.74 bits per heavy atom. The fourth-order valence-electron chi connectivity index (χ4n) is 2.08. The minimum atomic E-state index is 0.869. The Kier molecular flexibility index (Phi) is 5.79. The first-order chi connectivity index (χ1) is 11.1. The smallest absolute Gasteiger partial charge is 0.138 e. The van der Waals surface area contributed by atoms with Gasteiger partial charge >= 0.3 is 0 Å². The minimum Gasteiger partial charge on any atom is -0.378 e. The van der Waals surface area contributed by atoms with Crippen molar-refractivity contribution in [2.75, 3.05) is 19.0 Å². The average Bonchev–Trinajstić information content (AvgIpc) is 2.97. The van der Waals surface area contributed by atoms with E-state index in [1.54, 1.807) is 0 Å². The molecule has 1 N–H and O–H groups in total. The lowest BCUT2D eigenvalue weighted by Gasteiger charge is -2.11. The van der Waals surface area contributed by atoms with Crippen molar-refractivity contribution in [2.45, 2.75) is 13.8 Å². The molecular formula is C19H22N3P. The molecule has 0 saturated carbocycles. The molecule has 1 atom stereocenters. The highest BCUT2D eigenvalue weighted by molar-refractivity contribution is 7.27. The third-order valence-electron chi connectivity index (χ3n) is 3.22. The van der Waals surface area contributed by atoms with Crippen LogP contribution in [0.25, 0.3) is 11.0 Å². The third-order valence-corrected chi connectivity index (χ3v) is 3.53. The lowest BCUT2D eigenvalue weighted by molar-refractivity contribution is 1.13. The first-order valence-corrected chi connectivity index (χ1v) is 8.23. The Morgan fingerprint density at radius 1 is 1.04 bits per heavy atom. The molecule has 3 rings (SSSR count). The van der Waals surface area contributed by atoms with E-state index in [-0.39, 0.29) is 0 Å². The predicted molar refractivity (Wildman–Crippen MR) is 104 cm³/mol. The van der Waals surface area contributed by atoms with E-state index in [1.807, 2.05) is 52.3 Å². The van der Waals surface area contributed by atoms with E-state index < -0.39 is 0 Å². The lowest BCUT2D eigenvalue weighted by Crippen LogP contribution is -2.07. The summed E-state index contributed by atoms with van der Waals surface area (Å²) in [5, 5.41) is 2.15. The Labute approximate surface area is 140 Å². The van der Waals surface area contributed by atoms with Gasteiger partial charge in [0.05, 0.1) is 5.69 Å². The van der Waals surface area contributed by atoms with Gasteiger partial charge in [-0.3, -0.25) is 0 Å². The molecule has 4 heteroatoms. The SMILES string of the molecule is CC.CN(C)c1ccc(C#Cc2cc3cc(P)cnc3[nH]2)cc1. The number of nitrogens with zero attached hydrogens (tertiary/aromatic N) is 2. The van der Waals surface area contributed by atoms with E-state index in [2.05, 4.69) is 54.1 Å². The molecule has 23 heavy (non-hydrogen) atoms. The molecule has 0 aliphatic carbocycles. The van der Waals surface area contributed by atoms with Gasteiger partial charge in [0.1, 0.15) is 5.65 Å². The fraction of sp³-hybridized carbons (Fsp3) is 0.211. The maximum Gasteiger partial charge on any atom is 0.138 e. The van der Waals surface area contributed by atoms with Gasteiger partial charge in [-0.25, -0.2) is 4.98 Å². The van der Waals surface area contributed by atoms with Crippen LogP contribution in [0.5, 0.6) is 0 Å². The van der Waals surface area contributed by atoms with Crippen LogP contribution in [0.3, 0.4) is 0 Å². The number of aromatic amines is 1. The topological polar surface area (TPSA) is 31.9 Å². The van der Waals surface area contributed by atoms with Crippen LogP contribution in [0.4, 0.5) is 5.69 Å². The van der Waals surface area contributed by atoms with Gasteiger partial charge in [0.2, 0.25) is 0 Å². The van der Waals surface area contributed by atoms with Crippen molar-refractivity contribution in [1.29, 1.82) is 0 Å². The Bertz CT molecular complexity index is 836. The van der Waals surface area contributed by atoms with Crippen LogP contribution in [0, 0.1) is 11.8 Å². The largest absolute Gasteiger partial charge is 0.378 e. The van der Waals surface area contributed by atoms with E-state index in [4.69, 9.17) is 0 Å². The monoisotopic (exact) mass is 323 g/mol. The molecule has 0 fully saturated rings. The molecule has 0 bridgehead atoms. The van der Waals surface area contributed by atoms with Crippen molar-refractivity contribution in [2.24, 2.45) is 0 Å². The first kappa shape index (κ1) is 17.1. The molecule has 0 amide bonds.